The highest BCUT2D eigenvalue weighted by atomic mass is 35.5. The summed E-state index contributed by atoms with van der Waals surface area (Å²) in [4.78, 5) is 21.2. The van der Waals surface area contributed by atoms with E-state index in [1.165, 1.54) is 5.56 Å². The van der Waals surface area contributed by atoms with E-state index in [0.717, 1.165) is 54.1 Å². The summed E-state index contributed by atoms with van der Waals surface area (Å²) in [5.74, 6) is -0.860. The zero-order chi connectivity index (χ0) is 27.1. The zero-order valence-corrected chi connectivity index (χ0v) is 23.3. The lowest BCUT2D eigenvalue weighted by Crippen LogP contribution is -2.10. The number of aromatic nitrogens is 3. The van der Waals surface area contributed by atoms with Crippen molar-refractivity contribution in [1.82, 2.24) is 14.5 Å². The molecule has 8 heteroatoms. The molecule has 5 rings (SSSR count). The molecule has 0 aliphatic carbocycles. The standard InChI is InChI=1S/C25H20ClN3O2S.C4H10O/c1-13-8-20-23(22(18(13)10-21(30)31)15-4-6-17(26)7-5-15)32-25(28-20)16-9-19-14(2)12-29(3)24(19)27-11-16;1-4(2,3)5/h4-9,11-12H,10H2,1-3H3,(H,30,31);5H,1-3H3. The predicted octanol–water partition coefficient (Wildman–Crippen LogP) is 7.19. The molecule has 0 atom stereocenters. The Bertz CT molecular complexity index is 1610. The van der Waals surface area contributed by atoms with Crippen LogP contribution in [0.25, 0.3) is 42.9 Å². The van der Waals surface area contributed by atoms with Gasteiger partial charge in [-0.2, -0.15) is 0 Å². The zero-order valence-electron chi connectivity index (χ0n) is 21.8. The predicted molar refractivity (Wildman–Crippen MR) is 153 cm³/mol. The number of benzene rings is 2. The average molecular weight is 536 g/mol. The van der Waals surface area contributed by atoms with Gasteiger partial charge in [-0.3, -0.25) is 4.79 Å². The molecule has 0 spiro atoms. The summed E-state index contributed by atoms with van der Waals surface area (Å²) in [6.07, 6.45) is 3.87. The number of carboxylic acid groups (broad SMARTS) is 1. The summed E-state index contributed by atoms with van der Waals surface area (Å²) < 4.78 is 2.99. The molecule has 0 fully saturated rings. The molecule has 3 heterocycles. The third-order valence-corrected chi connectivity index (χ3v) is 7.12. The van der Waals surface area contributed by atoms with E-state index in [2.05, 4.69) is 24.2 Å². The van der Waals surface area contributed by atoms with Crippen LogP contribution in [0, 0.1) is 13.8 Å². The van der Waals surface area contributed by atoms with Gasteiger partial charge in [-0.1, -0.05) is 23.7 Å². The van der Waals surface area contributed by atoms with Gasteiger partial charge in [0.05, 0.1) is 22.2 Å². The Kier molecular flexibility index (Phi) is 7.42. The maximum atomic E-state index is 11.6. The van der Waals surface area contributed by atoms with Crippen molar-refractivity contribution in [3.63, 3.8) is 0 Å². The highest BCUT2D eigenvalue weighted by molar-refractivity contribution is 7.22. The lowest BCUT2D eigenvalue weighted by molar-refractivity contribution is -0.136. The Morgan fingerprint density at radius 3 is 2.35 bits per heavy atom. The Morgan fingerprint density at radius 1 is 1.08 bits per heavy atom. The fraction of sp³-hybridized carbons (Fsp3) is 0.276. The van der Waals surface area contributed by atoms with E-state index in [1.54, 1.807) is 32.1 Å². The van der Waals surface area contributed by atoms with E-state index in [1.807, 2.05) is 55.1 Å². The number of aliphatic hydroxyl groups is 1. The van der Waals surface area contributed by atoms with Gasteiger partial charge in [0.1, 0.15) is 10.7 Å². The molecule has 37 heavy (non-hydrogen) atoms. The highest BCUT2D eigenvalue weighted by Crippen LogP contribution is 2.41. The molecule has 0 radical (unpaired) electrons. The fourth-order valence-electron chi connectivity index (χ4n) is 4.23. The molecule has 5 aromatic rings. The molecule has 2 N–H and O–H groups in total. The van der Waals surface area contributed by atoms with E-state index < -0.39 is 11.6 Å². The third kappa shape index (κ3) is 6.01. The maximum Gasteiger partial charge on any atom is 0.307 e. The number of halogens is 1. The van der Waals surface area contributed by atoms with Crippen LogP contribution in [0.2, 0.25) is 5.02 Å². The molecule has 0 bridgehead atoms. The molecule has 0 saturated heterocycles. The smallest absolute Gasteiger partial charge is 0.307 e. The van der Waals surface area contributed by atoms with Crippen LogP contribution in [-0.2, 0) is 18.3 Å². The van der Waals surface area contributed by atoms with E-state index in [4.69, 9.17) is 21.7 Å². The number of nitrogens with zero attached hydrogens (tertiary/aromatic N) is 3. The monoisotopic (exact) mass is 535 g/mol. The van der Waals surface area contributed by atoms with Crippen molar-refractivity contribution in [3.8, 4) is 21.7 Å². The number of hydrogen-bond acceptors (Lipinski definition) is 5. The third-order valence-electron chi connectivity index (χ3n) is 5.73. The van der Waals surface area contributed by atoms with Crippen LogP contribution in [0.4, 0.5) is 0 Å². The van der Waals surface area contributed by atoms with Crippen LogP contribution < -0.4 is 0 Å². The molecular weight excluding hydrogens is 506 g/mol. The summed E-state index contributed by atoms with van der Waals surface area (Å²) >= 11 is 7.67. The van der Waals surface area contributed by atoms with Crippen LogP contribution in [0.3, 0.4) is 0 Å². The number of aryl methyl sites for hydroxylation is 3. The second-order valence-corrected chi connectivity index (χ2v) is 11.6. The molecule has 0 unspecified atom stereocenters. The largest absolute Gasteiger partial charge is 0.481 e. The summed E-state index contributed by atoms with van der Waals surface area (Å²) in [7, 11) is 1.99. The molecular formula is C29H30ClN3O3S. The van der Waals surface area contributed by atoms with Crippen LogP contribution >= 0.6 is 22.9 Å². The number of fused-ring (bicyclic) bond motifs is 2. The SMILES string of the molecule is CC(C)(C)O.Cc1cc2nc(-c3cnc4c(c3)c(C)cn4C)sc2c(-c2ccc(Cl)cc2)c1CC(=O)O. The lowest BCUT2D eigenvalue weighted by Gasteiger charge is -2.13. The number of hydrogen-bond donors (Lipinski definition) is 2. The van der Waals surface area contributed by atoms with Crippen LogP contribution in [0.1, 0.15) is 37.5 Å². The number of carbonyl (C=O) groups is 1. The number of pyridine rings is 1. The highest BCUT2D eigenvalue weighted by Gasteiger charge is 2.20. The minimum absolute atomic E-state index is 0.0519. The van der Waals surface area contributed by atoms with Gasteiger partial charge >= 0.3 is 5.97 Å². The average Bonchev–Trinajstić information content (AvgIpc) is 3.34. The second kappa shape index (κ2) is 10.2. The minimum atomic E-state index is -0.860. The molecule has 2 aromatic carbocycles. The number of rotatable bonds is 4. The van der Waals surface area contributed by atoms with Crippen molar-refractivity contribution in [2.75, 3.05) is 0 Å². The van der Waals surface area contributed by atoms with Crippen molar-refractivity contribution in [2.24, 2.45) is 7.05 Å². The molecule has 6 nitrogen and oxygen atoms in total. The number of aliphatic carboxylic acids is 1. The first-order valence-corrected chi connectivity index (χ1v) is 13.1. The van der Waals surface area contributed by atoms with Gasteiger partial charge in [0, 0.05) is 41.0 Å². The second-order valence-electron chi connectivity index (χ2n) is 10.2. The topological polar surface area (TPSA) is 88.2 Å². The normalized spacial score (nSPS) is 11.6. The Morgan fingerprint density at radius 2 is 1.73 bits per heavy atom. The summed E-state index contributed by atoms with van der Waals surface area (Å²) in [6, 6.07) is 11.6. The van der Waals surface area contributed by atoms with E-state index >= 15 is 0 Å². The van der Waals surface area contributed by atoms with Gasteiger partial charge in [-0.15, -0.1) is 11.3 Å². The molecule has 0 aliphatic rings. The van der Waals surface area contributed by atoms with Crippen LogP contribution in [0.5, 0.6) is 0 Å². The maximum absolute atomic E-state index is 11.6. The number of thiazole rings is 1. The van der Waals surface area contributed by atoms with Gasteiger partial charge in [-0.05, 0) is 81.1 Å². The van der Waals surface area contributed by atoms with Gasteiger partial charge in [0.25, 0.3) is 0 Å². The van der Waals surface area contributed by atoms with E-state index in [-0.39, 0.29) is 6.42 Å². The molecule has 0 saturated carbocycles. The fourth-order valence-corrected chi connectivity index (χ4v) is 5.47. The van der Waals surface area contributed by atoms with Gasteiger partial charge < -0.3 is 14.8 Å². The molecule has 0 aliphatic heterocycles. The van der Waals surface area contributed by atoms with Crippen molar-refractivity contribution in [2.45, 2.75) is 46.6 Å². The summed E-state index contributed by atoms with van der Waals surface area (Å²) in [6.45, 7) is 9.25. The van der Waals surface area contributed by atoms with E-state index in [9.17, 15) is 9.90 Å². The van der Waals surface area contributed by atoms with Crippen LogP contribution in [-0.4, -0.2) is 36.3 Å². The minimum Gasteiger partial charge on any atom is -0.481 e. The Balaban J connectivity index is 0.000000586. The quantitative estimate of drug-likeness (QED) is 0.254. The van der Waals surface area contributed by atoms with Crippen molar-refractivity contribution in [1.29, 1.82) is 0 Å². The van der Waals surface area contributed by atoms with Crippen molar-refractivity contribution in [3.05, 3.63) is 70.5 Å². The first kappa shape index (κ1) is 26.8. The first-order valence-electron chi connectivity index (χ1n) is 11.9. The van der Waals surface area contributed by atoms with Gasteiger partial charge in [0.15, 0.2) is 0 Å². The van der Waals surface area contributed by atoms with Gasteiger partial charge in [0.2, 0.25) is 0 Å². The van der Waals surface area contributed by atoms with E-state index in [0.29, 0.717) is 5.02 Å². The molecule has 192 valence electrons. The van der Waals surface area contributed by atoms with Crippen molar-refractivity contribution < 1.29 is 15.0 Å². The number of carboxylic acids is 1. The Labute approximate surface area is 225 Å². The van der Waals surface area contributed by atoms with Crippen molar-refractivity contribution >= 4 is 50.2 Å². The molecule has 0 amide bonds. The summed E-state index contributed by atoms with van der Waals surface area (Å²) in [5.41, 5.74) is 6.96. The van der Waals surface area contributed by atoms with Gasteiger partial charge in [-0.25, -0.2) is 9.97 Å². The lowest BCUT2D eigenvalue weighted by atomic mass is 9.93. The van der Waals surface area contributed by atoms with Crippen LogP contribution in [0.15, 0.2) is 48.8 Å². The Hall–Kier alpha value is -3.26. The summed E-state index contributed by atoms with van der Waals surface area (Å²) in [5, 5.41) is 20.7. The first-order chi connectivity index (χ1) is 17.3. The molecule has 3 aromatic heterocycles.